The number of amides is 1. The lowest BCUT2D eigenvalue weighted by Crippen LogP contribution is -2.73. The zero-order chi connectivity index (χ0) is 24.5. The number of fused-ring (bicyclic) bond motifs is 4. The van der Waals surface area contributed by atoms with Crippen LogP contribution < -0.4 is 10.1 Å². The van der Waals surface area contributed by atoms with Crippen molar-refractivity contribution >= 4 is 12.1 Å². The van der Waals surface area contributed by atoms with Crippen molar-refractivity contribution in [3.8, 4) is 16.9 Å². The minimum absolute atomic E-state index is 0.0220. The van der Waals surface area contributed by atoms with Gasteiger partial charge in [0.1, 0.15) is 18.4 Å². The Morgan fingerprint density at radius 3 is 2.33 bits per heavy atom. The van der Waals surface area contributed by atoms with Crippen LogP contribution in [0.4, 0.5) is 4.79 Å². The van der Waals surface area contributed by atoms with Crippen LogP contribution in [-0.4, -0.2) is 36.4 Å². The Kier molecular flexibility index (Phi) is 4.53. The zero-order valence-electron chi connectivity index (χ0n) is 19.8. The average Bonchev–Trinajstić information content (AvgIpc) is 3.42. The number of carboxylic acid groups (broad SMARTS) is 1. The standard InChI is InChI=1S/C30H27NO5/c32-27(33)26(30-15-29(16-30,17-30)19-9-10-25-18(13-19)11-12-35-25)31-28(34)36-14-24-22-7-3-1-5-20(22)21-6-2-4-8-23(21)24/h1-10,13,24,26H,11-12,14-17H2,(H,31,34)(H,32,33). The lowest BCUT2D eigenvalue weighted by atomic mass is 9.31. The molecular formula is C30H27NO5. The van der Waals surface area contributed by atoms with Crippen LogP contribution in [0, 0.1) is 5.41 Å². The van der Waals surface area contributed by atoms with Gasteiger partial charge in [0.25, 0.3) is 0 Å². The van der Waals surface area contributed by atoms with Crippen molar-refractivity contribution in [2.45, 2.75) is 43.1 Å². The van der Waals surface area contributed by atoms with Crippen LogP contribution in [0.3, 0.4) is 0 Å². The van der Waals surface area contributed by atoms with Crippen LogP contribution in [0.5, 0.6) is 5.75 Å². The summed E-state index contributed by atoms with van der Waals surface area (Å²) in [7, 11) is 0. The molecule has 1 heterocycles. The molecule has 4 aliphatic carbocycles. The van der Waals surface area contributed by atoms with Crippen molar-refractivity contribution in [1.29, 1.82) is 0 Å². The second-order valence-corrected chi connectivity index (χ2v) is 10.8. The first kappa shape index (κ1) is 21.5. The van der Waals surface area contributed by atoms with Crippen molar-refractivity contribution < 1.29 is 24.2 Å². The number of hydrogen-bond donors (Lipinski definition) is 2. The second kappa shape index (κ2) is 7.60. The van der Waals surface area contributed by atoms with Crippen molar-refractivity contribution in [3.05, 3.63) is 89.0 Å². The molecule has 3 aromatic rings. The van der Waals surface area contributed by atoms with E-state index in [2.05, 4.69) is 41.7 Å². The minimum Gasteiger partial charge on any atom is -0.493 e. The minimum atomic E-state index is -1.00. The third-order valence-electron chi connectivity index (χ3n) is 8.84. The number of alkyl carbamates (subject to hydrolysis) is 1. The largest absolute Gasteiger partial charge is 0.493 e. The van der Waals surface area contributed by atoms with E-state index in [0.717, 1.165) is 60.3 Å². The number of aliphatic carboxylic acids is 1. The molecule has 8 rings (SSSR count). The van der Waals surface area contributed by atoms with Crippen molar-refractivity contribution in [2.75, 3.05) is 13.2 Å². The molecule has 0 spiro atoms. The van der Waals surface area contributed by atoms with E-state index in [1.807, 2.05) is 30.3 Å². The quantitative estimate of drug-likeness (QED) is 0.516. The Balaban J connectivity index is 1.02. The molecule has 6 nitrogen and oxygen atoms in total. The molecule has 0 aromatic heterocycles. The smallest absolute Gasteiger partial charge is 0.407 e. The van der Waals surface area contributed by atoms with Crippen LogP contribution in [0.15, 0.2) is 66.7 Å². The van der Waals surface area contributed by atoms with Gasteiger partial charge in [0.05, 0.1) is 6.61 Å². The summed E-state index contributed by atoms with van der Waals surface area (Å²) < 4.78 is 11.3. The Hall–Kier alpha value is -3.80. The number of rotatable bonds is 6. The molecule has 0 saturated heterocycles. The van der Waals surface area contributed by atoms with Crippen LogP contribution >= 0.6 is 0 Å². The lowest BCUT2D eigenvalue weighted by molar-refractivity contribution is -0.183. The number of nitrogens with one attached hydrogen (secondary N) is 1. The van der Waals surface area contributed by atoms with Gasteiger partial charge in [-0.2, -0.15) is 0 Å². The average molecular weight is 482 g/mol. The number of carboxylic acids is 1. The van der Waals surface area contributed by atoms with Crippen molar-refractivity contribution in [1.82, 2.24) is 5.32 Å². The van der Waals surface area contributed by atoms with Crippen molar-refractivity contribution in [2.24, 2.45) is 5.41 Å². The van der Waals surface area contributed by atoms with Gasteiger partial charge >= 0.3 is 12.1 Å². The molecule has 3 aromatic carbocycles. The lowest BCUT2D eigenvalue weighted by Gasteiger charge is -2.72. The maximum atomic E-state index is 12.8. The van der Waals surface area contributed by atoms with Gasteiger partial charge in [-0.05, 0) is 64.1 Å². The summed E-state index contributed by atoms with van der Waals surface area (Å²) in [5.41, 5.74) is 6.67. The van der Waals surface area contributed by atoms with E-state index in [1.54, 1.807) is 0 Å². The normalized spacial score (nSPS) is 25.3. The van der Waals surface area contributed by atoms with Crippen LogP contribution in [0.2, 0.25) is 0 Å². The van der Waals surface area contributed by atoms with Gasteiger partial charge in [-0.15, -0.1) is 0 Å². The summed E-state index contributed by atoms with van der Waals surface area (Å²) in [6, 6.07) is 21.7. The summed E-state index contributed by atoms with van der Waals surface area (Å²) in [5.74, 6) is -0.104. The maximum Gasteiger partial charge on any atom is 0.407 e. The van der Waals surface area contributed by atoms with Gasteiger partial charge in [-0.3, -0.25) is 0 Å². The van der Waals surface area contributed by atoms with Gasteiger partial charge in [0.15, 0.2) is 0 Å². The molecule has 3 fully saturated rings. The van der Waals surface area contributed by atoms with E-state index in [1.165, 1.54) is 11.1 Å². The third-order valence-corrected chi connectivity index (χ3v) is 8.84. The van der Waals surface area contributed by atoms with E-state index in [9.17, 15) is 14.7 Å². The predicted molar refractivity (Wildman–Crippen MR) is 133 cm³/mol. The highest BCUT2D eigenvalue weighted by Gasteiger charge is 2.72. The molecule has 1 atom stereocenters. The molecule has 3 saturated carbocycles. The molecular weight excluding hydrogens is 454 g/mol. The molecule has 2 N–H and O–H groups in total. The highest BCUT2D eigenvalue weighted by atomic mass is 16.5. The molecule has 1 amide bonds. The van der Waals surface area contributed by atoms with Crippen molar-refractivity contribution in [3.63, 3.8) is 0 Å². The molecule has 2 bridgehead atoms. The first-order chi connectivity index (χ1) is 17.5. The van der Waals surface area contributed by atoms with Gasteiger partial charge in [-0.1, -0.05) is 60.7 Å². The highest BCUT2D eigenvalue weighted by molar-refractivity contribution is 5.82. The van der Waals surface area contributed by atoms with Gasteiger partial charge in [0, 0.05) is 17.8 Å². The molecule has 0 radical (unpaired) electrons. The highest BCUT2D eigenvalue weighted by Crippen LogP contribution is 2.75. The number of ether oxygens (including phenoxy) is 2. The molecule has 5 aliphatic rings. The summed E-state index contributed by atoms with van der Waals surface area (Å²) in [6.45, 7) is 0.890. The summed E-state index contributed by atoms with van der Waals surface area (Å²) in [4.78, 5) is 25.0. The number of carbonyl (C=O) groups is 2. The Bertz CT molecular complexity index is 1350. The first-order valence-corrected chi connectivity index (χ1v) is 12.6. The van der Waals surface area contributed by atoms with E-state index in [0.29, 0.717) is 0 Å². The number of hydrogen-bond acceptors (Lipinski definition) is 4. The van der Waals surface area contributed by atoms with Gasteiger partial charge in [-0.25, -0.2) is 9.59 Å². The zero-order valence-corrected chi connectivity index (χ0v) is 19.8. The fourth-order valence-corrected chi connectivity index (χ4v) is 7.23. The summed E-state index contributed by atoms with van der Waals surface area (Å²) in [5, 5.41) is 12.7. The van der Waals surface area contributed by atoms with Crippen LogP contribution in [0.25, 0.3) is 11.1 Å². The van der Waals surface area contributed by atoms with Gasteiger partial charge < -0.3 is 19.9 Å². The number of benzene rings is 3. The summed E-state index contributed by atoms with van der Waals surface area (Å²) in [6.07, 6.45) is 2.55. The molecule has 182 valence electrons. The number of carbonyl (C=O) groups excluding carboxylic acids is 1. The topological polar surface area (TPSA) is 84.9 Å². The second-order valence-electron chi connectivity index (χ2n) is 10.8. The molecule has 1 aliphatic heterocycles. The third kappa shape index (κ3) is 3.03. The Morgan fingerprint density at radius 1 is 1.00 bits per heavy atom. The molecule has 6 heteroatoms. The fourth-order valence-electron chi connectivity index (χ4n) is 7.23. The first-order valence-electron chi connectivity index (χ1n) is 12.6. The Morgan fingerprint density at radius 2 is 1.67 bits per heavy atom. The van der Waals surface area contributed by atoms with Gasteiger partial charge in [0.2, 0.25) is 0 Å². The fraction of sp³-hybridized carbons (Fsp3) is 0.333. The maximum absolute atomic E-state index is 12.8. The van der Waals surface area contributed by atoms with Crippen LogP contribution in [-0.2, 0) is 21.4 Å². The molecule has 1 unspecified atom stereocenters. The Labute approximate surface area is 209 Å². The van der Waals surface area contributed by atoms with Crippen LogP contribution in [0.1, 0.15) is 47.4 Å². The predicted octanol–water partition coefficient (Wildman–Crippen LogP) is 5.04. The monoisotopic (exact) mass is 481 g/mol. The van der Waals surface area contributed by atoms with E-state index in [-0.39, 0.29) is 17.9 Å². The van der Waals surface area contributed by atoms with E-state index >= 15 is 0 Å². The molecule has 36 heavy (non-hydrogen) atoms. The van der Waals surface area contributed by atoms with E-state index < -0.39 is 23.5 Å². The summed E-state index contributed by atoms with van der Waals surface area (Å²) >= 11 is 0. The SMILES string of the molecule is O=C(NC(C(=O)O)C12CC(c3ccc4c(c3)CCO4)(C1)C2)OCC1c2ccccc2-c2ccccc21. The van der Waals surface area contributed by atoms with E-state index in [4.69, 9.17) is 9.47 Å².